The van der Waals surface area contributed by atoms with Gasteiger partial charge in [0.25, 0.3) is 0 Å². The van der Waals surface area contributed by atoms with E-state index in [1.165, 1.54) is 22.5 Å². The van der Waals surface area contributed by atoms with Crippen LogP contribution in [-0.2, 0) is 0 Å². The van der Waals surface area contributed by atoms with E-state index in [9.17, 15) is 0 Å². The van der Waals surface area contributed by atoms with Gasteiger partial charge in [-0.2, -0.15) is 0 Å². The van der Waals surface area contributed by atoms with Crippen molar-refractivity contribution < 1.29 is 0 Å². The first kappa shape index (κ1) is 11.4. The largest absolute Gasteiger partial charge is 0.316 e. The first-order valence-corrected chi connectivity index (χ1v) is 8.82. The van der Waals surface area contributed by atoms with Crippen LogP contribution in [0.25, 0.3) is 11.8 Å². The molecule has 0 saturated heterocycles. The molecule has 1 aromatic heterocycles. The molecule has 0 aliphatic heterocycles. The fourth-order valence-electron chi connectivity index (χ4n) is 2.76. The predicted octanol–water partition coefficient (Wildman–Crippen LogP) is 3.75. The lowest BCUT2D eigenvalue weighted by molar-refractivity contribution is 1.07. The molecule has 1 aliphatic rings. The average molecular weight is 251 g/mol. The lowest BCUT2D eigenvalue weighted by Crippen LogP contribution is -2.14. The summed E-state index contributed by atoms with van der Waals surface area (Å²) in [5.74, 6) is 0. The Hall–Kier alpha value is -1.67. The topological polar surface area (TPSA) is 4.93 Å². The highest BCUT2D eigenvalue weighted by atomic mass is 28.2. The highest BCUT2D eigenvalue weighted by Gasteiger charge is 2.21. The van der Waals surface area contributed by atoms with E-state index in [0.717, 1.165) is 0 Å². The van der Waals surface area contributed by atoms with Gasteiger partial charge in [0, 0.05) is 25.9 Å². The van der Waals surface area contributed by atoms with E-state index >= 15 is 0 Å². The van der Waals surface area contributed by atoms with Gasteiger partial charge < -0.3 is 4.57 Å². The molecule has 18 heavy (non-hydrogen) atoms. The summed E-state index contributed by atoms with van der Waals surface area (Å²) in [6.07, 6.45) is 4.51. The zero-order valence-electron chi connectivity index (χ0n) is 11.1. The summed E-state index contributed by atoms with van der Waals surface area (Å²) in [7, 11) is -0.444. The van der Waals surface area contributed by atoms with Crippen LogP contribution >= 0.6 is 0 Å². The highest BCUT2D eigenvalue weighted by molar-refractivity contribution is 6.75. The van der Waals surface area contributed by atoms with Crippen molar-refractivity contribution in [3.63, 3.8) is 0 Å². The summed E-state index contributed by atoms with van der Waals surface area (Å²) >= 11 is 0. The molecule has 0 spiro atoms. The van der Waals surface area contributed by atoms with Gasteiger partial charge in [-0.25, -0.2) is 0 Å². The van der Waals surface area contributed by atoms with Crippen LogP contribution in [0.5, 0.6) is 0 Å². The zero-order valence-corrected chi connectivity index (χ0v) is 12.1. The smallest absolute Gasteiger partial charge is 0.0555 e. The summed E-state index contributed by atoms with van der Waals surface area (Å²) in [5, 5.41) is 1.57. The van der Waals surface area contributed by atoms with Gasteiger partial charge in [0.1, 0.15) is 0 Å². The number of fused-ring (bicyclic) bond motifs is 1. The van der Waals surface area contributed by atoms with Crippen LogP contribution in [0.4, 0.5) is 0 Å². The minimum Gasteiger partial charge on any atom is -0.316 e. The van der Waals surface area contributed by atoms with Crippen molar-refractivity contribution in [2.45, 2.75) is 20.0 Å². The lowest BCUT2D eigenvalue weighted by Gasteiger charge is -2.12. The number of hydrogen-bond donors (Lipinski definition) is 0. The molecule has 0 saturated carbocycles. The predicted molar refractivity (Wildman–Crippen MR) is 81.0 cm³/mol. The maximum atomic E-state index is 2.37. The van der Waals surface area contributed by atoms with E-state index < -0.39 is 8.41 Å². The summed E-state index contributed by atoms with van der Waals surface area (Å²) in [6.45, 7) is 6.98. The van der Waals surface area contributed by atoms with E-state index in [0.29, 0.717) is 0 Å². The van der Waals surface area contributed by atoms with Gasteiger partial charge in [-0.3, -0.25) is 0 Å². The Morgan fingerprint density at radius 1 is 1.00 bits per heavy atom. The Morgan fingerprint density at radius 2 is 1.72 bits per heavy atom. The lowest BCUT2D eigenvalue weighted by atomic mass is 10.2. The molecule has 1 aliphatic carbocycles. The Morgan fingerprint density at radius 3 is 2.39 bits per heavy atom. The van der Waals surface area contributed by atoms with Crippen molar-refractivity contribution in [3.8, 4) is 5.69 Å². The van der Waals surface area contributed by atoms with Gasteiger partial charge in [0.2, 0.25) is 0 Å². The molecule has 0 fully saturated rings. The number of nitrogens with zero attached hydrogens (tertiary/aromatic N) is 1. The molecule has 2 heteroatoms. The van der Waals surface area contributed by atoms with E-state index in [-0.39, 0.29) is 0 Å². The molecule has 3 rings (SSSR count). The molecular formula is C16H17NSi. The Kier molecular flexibility index (Phi) is 2.67. The Bertz CT molecular complexity index is 656. The monoisotopic (exact) mass is 251 g/mol. The van der Waals surface area contributed by atoms with Crippen LogP contribution in [0.1, 0.15) is 18.2 Å². The standard InChI is InChI=1S/C16H17NSi/c1-12-11-13-9-10-17(14-7-5-4-6-8-14)15(13)16(12)18(2)3/h4-11H,1-3H3. The number of para-hydroxylation sites is 1. The van der Waals surface area contributed by atoms with Gasteiger partial charge in [0.05, 0.1) is 5.69 Å². The van der Waals surface area contributed by atoms with Gasteiger partial charge in [-0.05, 0) is 41.9 Å². The van der Waals surface area contributed by atoms with Crippen LogP contribution in [0.3, 0.4) is 0 Å². The molecule has 0 unspecified atom stereocenters. The molecule has 0 amide bonds. The maximum absolute atomic E-state index is 2.37. The number of aromatic nitrogens is 1. The quantitative estimate of drug-likeness (QED) is 0.680. The second-order valence-corrected chi connectivity index (χ2v) is 7.53. The molecule has 1 aromatic carbocycles. The van der Waals surface area contributed by atoms with Crippen molar-refractivity contribution in [3.05, 3.63) is 59.4 Å². The van der Waals surface area contributed by atoms with Crippen LogP contribution in [0.15, 0.2) is 48.2 Å². The summed E-state index contributed by atoms with van der Waals surface area (Å²) < 4.78 is 2.33. The fraction of sp³-hybridized carbons (Fsp3) is 0.188. The van der Waals surface area contributed by atoms with Crippen molar-refractivity contribution >= 4 is 19.7 Å². The third-order valence-corrected chi connectivity index (χ3v) is 5.09. The first-order chi connectivity index (χ1) is 8.68. The molecule has 0 N–H and O–H groups in total. The third-order valence-electron chi connectivity index (χ3n) is 3.46. The van der Waals surface area contributed by atoms with Crippen LogP contribution < -0.4 is 0 Å². The molecule has 1 nitrogen and oxygen atoms in total. The summed E-state index contributed by atoms with van der Waals surface area (Å²) in [4.78, 5) is 0. The van der Waals surface area contributed by atoms with E-state index in [2.05, 4.69) is 73.3 Å². The molecule has 2 aromatic rings. The van der Waals surface area contributed by atoms with Crippen LogP contribution in [-0.4, -0.2) is 18.1 Å². The van der Waals surface area contributed by atoms with Gasteiger partial charge in [-0.1, -0.05) is 31.3 Å². The molecule has 90 valence electrons. The Balaban J connectivity index is 2.24. The molecule has 0 atom stereocenters. The van der Waals surface area contributed by atoms with Crippen molar-refractivity contribution in [2.75, 3.05) is 0 Å². The minimum absolute atomic E-state index is 0.444. The van der Waals surface area contributed by atoms with Gasteiger partial charge in [0.15, 0.2) is 0 Å². The normalized spacial score (nSPS) is 13.5. The number of allylic oxidation sites excluding steroid dienone is 1. The van der Waals surface area contributed by atoms with Crippen molar-refractivity contribution in [1.29, 1.82) is 0 Å². The van der Waals surface area contributed by atoms with Crippen LogP contribution in [0.2, 0.25) is 13.1 Å². The molecule has 0 bridgehead atoms. The summed E-state index contributed by atoms with van der Waals surface area (Å²) in [6, 6.07) is 12.8. The molecule has 0 radical (unpaired) electrons. The Labute approximate surface area is 110 Å². The third kappa shape index (κ3) is 1.65. The molecular weight excluding hydrogens is 234 g/mol. The second-order valence-electron chi connectivity index (χ2n) is 5.03. The number of rotatable bonds is 1. The second kappa shape index (κ2) is 4.21. The van der Waals surface area contributed by atoms with Gasteiger partial charge in [-0.15, -0.1) is 0 Å². The SMILES string of the molecule is CC1=Cc2ccn(-c3ccccc3)c2C1=[Si](C)C. The van der Waals surface area contributed by atoms with Crippen LogP contribution in [0, 0.1) is 0 Å². The summed E-state index contributed by atoms with van der Waals surface area (Å²) in [5.41, 5.74) is 5.49. The van der Waals surface area contributed by atoms with Gasteiger partial charge >= 0.3 is 0 Å². The first-order valence-electron chi connectivity index (χ1n) is 6.32. The van der Waals surface area contributed by atoms with E-state index in [4.69, 9.17) is 0 Å². The average Bonchev–Trinajstić information content (AvgIpc) is 2.87. The number of hydrogen-bond acceptors (Lipinski definition) is 0. The maximum Gasteiger partial charge on any atom is 0.0555 e. The highest BCUT2D eigenvalue weighted by Crippen LogP contribution is 2.28. The zero-order chi connectivity index (χ0) is 12.7. The number of benzene rings is 1. The molecule has 1 heterocycles. The van der Waals surface area contributed by atoms with Crippen molar-refractivity contribution in [1.82, 2.24) is 4.57 Å². The van der Waals surface area contributed by atoms with E-state index in [1.807, 2.05) is 0 Å². The van der Waals surface area contributed by atoms with Crippen molar-refractivity contribution in [2.24, 2.45) is 0 Å². The fourth-order valence-corrected chi connectivity index (χ4v) is 4.35. The minimum atomic E-state index is -0.444. The van der Waals surface area contributed by atoms with E-state index in [1.54, 1.807) is 5.17 Å².